The van der Waals surface area contributed by atoms with Crippen molar-refractivity contribution in [2.75, 3.05) is 0 Å². The van der Waals surface area contributed by atoms with Gasteiger partial charge < -0.3 is 4.57 Å². The van der Waals surface area contributed by atoms with Crippen LogP contribution >= 0.6 is 11.6 Å². The lowest BCUT2D eigenvalue weighted by Gasteiger charge is -2.26. The summed E-state index contributed by atoms with van der Waals surface area (Å²) in [6.07, 6.45) is 7.11. The molecule has 0 aliphatic rings. The Kier molecular flexibility index (Phi) is 6.13. The zero-order valence-electron chi connectivity index (χ0n) is 12.2. The first-order valence-corrected chi connectivity index (χ1v) is 7.45. The minimum Gasteiger partial charge on any atom is -0.301 e. The molecule has 1 aromatic rings. The van der Waals surface area contributed by atoms with E-state index in [2.05, 4.69) is 42.5 Å². The van der Waals surface area contributed by atoms with Gasteiger partial charge in [-0.15, -0.1) is 10.2 Å². The number of hydrogen-bond acceptors (Lipinski definition) is 2. The maximum absolute atomic E-state index is 6.14. The lowest BCUT2D eigenvalue weighted by molar-refractivity contribution is 0.268. The van der Waals surface area contributed by atoms with Gasteiger partial charge in [0.15, 0.2) is 0 Å². The first kappa shape index (κ1) is 15.5. The Labute approximate surface area is 116 Å². The van der Waals surface area contributed by atoms with Crippen LogP contribution in [0.25, 0.3) is 0 Å². The van der Waals surface area contributed by atoms with Crippen LogP contribution < -0.4 is 0 Å². The van der Waals surface area contributed by atoms with E-state index < -0.39 is 0 Å². The molecule has 0 aliphatic heterocycles. The Morgan fingerprint density at radius 2 is 1.83 bits per heavy atom. The van der Waals surface area contributed by atoms with Crippen molar-refractivity contribution in [3.8, 4) is 0 Å². The largest absolute Gasteiger partial charge is 0.301 e. The number of hydrogen-bond donors (Lipinski definition) is 0. The maximum atomic E-state index is 6.14. The van der Waals surface area contributed by atoms with Gasteiger partial charge in [-0.3, -0.25) is 0 Å². The van der Waals surface area contributed by atoms with Crippen LogP contribution in [0.3, 0.4) is 0 Å². The molecule has 0 unspecified atom stereocenters. The van der Waals surface area contributed by atoms with Gasteiger partial charge in [0, 0.05) is 13.0 Å². The summed E-state index contributed by atoms with van der Waals surface area (Å²) in [5.41, 5.74) is 0.254. The molecule has 18 heavy (non-hydrogen) atoms. The highest BCUT2D eigenvalue weighted by Crippen LogP contribution is 2.28. The number of aryl methyl sites for hydroxylation is 1. The van der Waals surface area contributed by atoms with E-state index in [0.717, 1.165) is 25.2 Å². The first-order valence-electron chi connectivity index (χ1n) is 7.07. The minimum absolute atomic E-state index is 0.254. The second kappa shape index (κ2) is 7.13. The van der Waals surface area contributed by atoms with Crippen LogP contribution in [0.15, 0.2) is 0 Å². The Morgan fingerprint density at radius 3 is 2.44 bits per heavy atom. The highest BCUT2D eigenvalue weighted by molar-refractivity contribution is 6.28. The van der Waals surface area contributed by atoms with E-state index >= 15 is 0 Å². The topological polar surface area (TPSA) is 30.7 Å². The lowest BCUT2D eigenvalue weighted by Crippen LogP contribution is -2.21. The molecule has 0 aliphatic carbocycles. The van der Waals surface area contributed by atoms with Gasteiger partial charge in [-0.05, 0) is 29.9 Å². The Balaban J connectivity index is 2.67. The minimum atomic E-state index is 0.254. The zero-order valence-corrected chi connectivity index (χ0v) is 12.9. The van der Waals surface area contributed by atoms with Crippen molar-refractivity contribution in [3.63, 3.8) is 0 Å². The van der Waals surface area contributed by atoms with Gasteiger partial charge >= 0.3 is 0 Å². The summed E-state index contributed by atoms with van der Waals surface area (Å²) in [5, 5.41) is 8.69. The molecule has 4 heteroatoms. The maximum Gasteiger partial charge on any atom is 0.225 e. The molecule has 1 aromatic heterocycles. The SMILES string of the molecule is CCCCCC(C)(C)Cn1c(Cl)nnc1CCC. The molecule has 0 N–H and O–H groups in total. The molecule has 0 saturated heterocycles. The van der Waals surface area contributed by atoms with Gasteiger partial charge in [-0.25, -0.2) is 0 Å². The lowest BCUT2D eigenvalue weighted by atomic mass is 9.86. The van der Waals surface area contributed by atoms with E-state index in [4.69, 9.17) is 11.6 Å². The molecular formula is C14H26ClN3. The molecule has 104 valence electrons. The van der Waals surface area contributed by atoms with Crippen molar-refractivity contribution in [1.29, 1.82) is 0 Å². The number of nitrogens with zero attached hydrogens (tertiary/aromatic N) is 3. The summed E-state index contributed by atoms with van der Waals surface area (Å²) < 4.78 is 2.08. The number of halogens is 1. The third-order valence-electron chi connectivity index (χ3n) is 3.30. The summed E-state index contributed by atoms with van der Waals surface area (Å²) in [4.78, 5) is 0. The molecule has 0 fully saturated rings. The van der Waals surface area contributed by atoms with Gasteiger partial charge in [0.1, 0.15) is 5.82 Å². The van der Waals surface area contributed by atoms with Crippen LogP contribution in [-0.4, -0.2) is 14.8 Å². The average Bonchev–Trinajstić information content (AvgIpc) is 2.62. The fourth-order valence-electron chi connectivity index (χ4n) is 2.24. The monoisotopic (exact) mass is 271 g/mol. The summed E-state index contributed by atoms with van der Waals surface area (Å²) in [6.45, 7) is 9.91. The first-order chi connectivity index (χ1) is 8.50. The van der Waals surface area contributed by atoms with Gasteiger partial charge in [-0.2, -0.15) is 0 Å². The van der Waals surface area contributed by atoms with Crippen LogP contribution in [-0.2, 0) is 13.0 Å². The van der Waals surface area contributed by atoms with Gasteiger partial charge in [-0.1, -0.05) is 47.0 Å². The molecule has 1 heterocycles. The Morgan fingerprint density at radius 1 is 1.11 bits per heavy atom. The zero-order chi connectivity index (χ0) is 13.6. The van der Waals surface area contributed by atoms with Crippen molar-refractivity contribution in [3.05, 3.63) is 11.1 Å². The third kappa shape index (κ3) is 4.60. The quantitative estimate of drug-likeness (QED) is 0.652. The number of unbranched alkanes of at least 4 members (excludes halogenated alkanes) is 2. The molecule has 0 atom stereocenters. The molecule has 0 spiro atoms. The molecule has 0 saturated carbocycles. The highest BCUT2D eigenvalue weighted by atomic mass is 35.5. The second-order valence-electron chi connectivity index (χ2n) is 5.84. The van der Waals surface area contributed by atoms with Crippen molar-refractivity contribution < 1.29 is 0 Å². The van der Waals surface area contributed by atoms with Crippen molar-refractivity contribution in [1.82, 2.24) is 14.8 Å². The van der Waals surface area contributed by atoms with Crippen LogP contribution in [0.1, 0.15) is 65.6 Å². The summed E-state index contributed by atoms with van der Waals surface area (Å²) in [5.74, 6) is 1.02. The number of rotatable bonds is 8. The molecule has 0 bridgehead atoms. The van der Waals surface area contributed by atoms with Crippen molar-refractivity contribution in [2.24, 2.45) is 5.41 Å². The molecular weight excluding hydrogens is 246 g/mol. The molecule has 3 nitrogen and oxygen atoms in total. The van der Waals surface area contributed by atoms with Gasteiger partial charge in [0.2, 0.25) is 5.28 Å². The van der Waals surface area contributed by atoms with Crippen LogP contribution in [0.5, 0.6) is 0 Å². The molecule has 1 rings (SSSR count). The van der Waals surface area contributed by atoms with Crippen molar-refractivity contribution >= 4 is 11.6 Å². The van der Waals surface area contributed by atoms with Crippen LogP contribution in [0.4, 0.5) is 0 Å². The van der Waals surface area contributed by atoms with E-state index in [1.807, 2.05) is 0 Å². The predicted molar refractivity (Wildman–Crippen MR) is 77.0 cm³/mol. The van der Waals surface area contributed by atoms with Crippen LogP contribution in [0, 0.1) is 5.41 Å². The molecule has 0 radical (unpaired) electrons. The van der Waals surface area contributed by atoms with E-state index in [1.165, 1.54) is 25.7 Å². The third-order valence-corrected chi connectivity index (χ3v) is 3.58. The Bertz CT molecular complexity index is 358. The highest BCUT2D eigenvalue weighted by Gasteiger charge is 2.21. The van der Waals surface area contributed by atoms with E-state index in [-0.39, 0.29) is 5.41 Å². The predicted octanol–water partition coefficient (Wildman–Crippen LogP) is 4.49. The van der Waals surface area contributed by atoms with E-state index in [9.17, 15) is 0 Å². The molecule has 0 aromatic carbocycles. The average molecular weight is 272 g/mol. The van der Waals surface area contributed by atoms with E-state index in [1.54, 1.807) is 0 Å². The van der Waals surface area contributed by atoms with Crippen LogP contribution in [0.2, 0.25) is 5.28 Å². The smallest absolute Gasteiger partial charge is 0.225 e. The standard InChI is InChI=1S/C14H26ClN3/c1-5-7-8-10-14(3,4)11-18-12(9-6-2)16-17-13(18)15/h5-11H2,1-4H3. The number of aromatic nitrogens is 3. The van der Waals surface area contributed by atoms with Crippen molar-refractivity contribution in [2.45, 2.75) is 72.8 Å². The summed E-state index contributed by atoms with van der Waals surface area (Å²) in [6, 6.07) is 0. The fourth-order valence-corrected chi connectivity index (χ4v) is 2.43. The van der Waals surface area contributed by atoms with Gasteiger partial charge in [0.25, 0.3) is 0 Å². The summed E-state index contributed by atoms with van der Waals surface area (Å²) in [7, 11) is 0. The summed E-state index contributed by atoms with van der Waals surface area (Å²) >= 11 is 6.14. The fraction of sp³-hybridized carbons (Fsp3) is 0.857. The Hall–Kier alpha value is -0.570. The normalized spacial score (nSPS) is 12.1. The van der Waals surface area contributed by atoms with Gasteiger partial charge in [0.05, 0.1) is 0 Å². The van der Waals surface area contributed by atoms with E-state index in [0.29, 0.717) is 5.28 Å². The molecule has 0 amide bonds. The second-order valence-corrected chi connectivity index (χ2v) is 6.18.